The predicted octanol–water partition coefficient (Wildman–Crippen LogP) is 6.61. The second kappa shape index (κ2) is 12.5. The number of aryl methyl sites for hydroxylation is 3. The zero-order valence-corrected chi connectivity index (χ0v) is 24.5. The molecular weight excluding hydrogens is 600 g/mol. The van der Waals surface area contributed by atoms with E-state index in [4.69, 9.17) is 0 Å². The average Bonchev–Trinajstić information content (AvgIpc) is 3.59. The number of hydrogen-bond donors (Lipinski definition) is 1. The van der Waals surface area contributed by atoms with E-state index in [0.717, 1.165) is 28.5 Å². The number of hydrogen-bond acceptors (Lipinski definition) is 6. The lowest BCUT2D eigenvalue weighted by atomic mass is 10.0. The highest BCUT2D eigenvalue weighted by Gasteiger charge is 2.33. The maximum atomic E-state index is 15.0. The van der Waals surface area contributed by atoms with Crippen LogP contribution in [0.4, 0.5) is 28.0 Å². The highest BCUT2D eigenvalue weighted by atomic mass is 32.2. The average molecular weight is 627 g/mol. The second-order valence-corrected chi connectivity index (χ2v) is 10.9. The van der Waals surface area contributed by atoms with Gasteiger partial charge < -0.3 is 10.1 Å². The Bertz CT molecular complexity index is 1700. The molecule has 44 heavy (non-hydrogen) atoms. The molecule has 0 bridgehead atoms. The number of anilines is 1. The van der Waals surface area contributed by atoms with Crippen molar-refractivity contribution in [2.24, 2.45) is 4.99 Å². The van der Waals surface area contributed by atoms with Gasteiger partial charge in [0.1, 0.15) is 18.2 Å². The summed E-state index contributed by atoms with van der Waals surface area (Å²) < 4.78 is 57.4. The van der Waals surface area contributed by atoms with Gasteiger partial charge in [0.25, 0.3) is 0 Å². The molecule has 0 spiro atoms. The van der Waals surface area contributed by atoms with Gasteiger partial charge in [0, 0.05) is 5.56 Å². The Kier molecular flexibility index (Phi) is 8.72. The van der Waals surface area contributed by atoms with Crippen molar-refractivity contribution in [1.82, 2.24) is 20.1 Å². The van der Waals surface area contributed by atoms with Crippen molar-refractivity contribution < 1.29 is 31.9 Å². The molecule has 1 aliphatic heterocycles. The van der Waals surface area contributed by atoms with E-state index in [9.17, 15) is 22.8 Å². The predicted molar refractivity (Wildman–Crippen MR) is 159 cm³/mol. The molecule has 1 atom stereocenters. The molecule has 0 aliphatic carbocycles. The number of halogens is 4. The Morgan fingerprint density at radius 3 is 2.36 bits per heavy atom. The summed E-state index contributed by atoms with van der Waals surface area (Å²) in [5.41, 5.74) is 4.86. The van der Waals surface area contributed by atoms with Gasteiger partial charge in [-0.3, -0.25) is 9.69 Å². The molecule has 3 amide bonds. The number of aromatic nitrogens is 3. The lowest BCUT2D eigenvalue weighted by molar-refractivity contribution is -0.274. The van der Waals surface area contributed by atoms with Crippen LogP contribution >= 0.6 is 11.8 Å². The largest absolute Gasteiger partial charge is 0.573 e. The van der Waals surface area contributed by atoms with Crippen LogP contribution in [-0.2, 0) is 4.79 Å². The van der Waals surface area contributed by atoms with Crippen LogP contribution in [0.15, 0.2) is 72.0 Å². The van der Waals surface area contributed by atoms with Gasteiger partial charge in [-0.1, -0.05) is 53.7 Å². The van der Waals surface area contributed by atoms with Crippen LogP contribution in [0, 0.1) is 20.8 Å². The molecule has 0 radical (unpaired) electrons. The van der Waals surface area contributed by atoms with Gasteiger partial charge in [-0.2, -0.15) is 4.99 Å². The number of nitrogens with zero attached hydrogens (tertiary/aromatic N) is 5. The number of aliphatic imine (C=N–C) groups is 1. The van der Waals surface area contributed by atoms with Gasteiger partial charge in [-0.15, -0.1) is 18.3 Å². The Balaban J connectivity index is 1.20. The summed E-state index contributed by atoms with van der Waals surface area (Å²) in [6.45, 7) is 5.41. The van der Waals surface area contributed by atoms with Crippen LogP contribution in [0.3, 0.4) is 0 Å². The smallest absolute Gasteiger partial charge is 0.406 e. The fourth-order valence-corrected chi connectivity index (χ4v) is 5.62. The first kappa shape index (κ1) is 30.7. The lowest BCUT2D eigenvalue weighted by Gasteiger charge is -2.21. The molecule has 1 aliphatic rings. The first-order chi connectivity index (χ1) is 20.9. The van der Waals surface area contributed by atoms with Gasteiger partial charge >= 0.3 is 12.4 Å². The number of amidine groups is 1. The van der Waals surface area contributed by atoms with E-state index < -0.39 is 18.6 Å². The van der Waals surface area contributed by atoms with E-state index in [-0.39, 0.29) is 29.1 Å². The normalized spacial score (nSPS) is 15.1. The van der Waals surface area contributed by atoms with Crippen molar-refractivity contribution in [1.29, 1.82) is 0 Å². The molecule has 9 nitrogen and oxygen atoms in total. The molecule has 5 rings (SSSR count). The number of benzene rings is 3. The summed E-state index contributed by atoms with van der Waals surface area (Å²) >= 11 is 1.15. The van der Waals surface area contributed by atoms with Gasteiger partial charge in [0.2, 0.25) is 5.91 Å². The van der Waals surface area contributed by atoms with E-state index in [0.29, 0.717) is 28.3 Å². The molecule has 3 aromatic carbocycles. The minimum atomic E-state index is -4.79. The van der Waals surface area contributed by atoms with Crippen molar-refractivity contribution in [3.63, 3.8) is 0 Å². The third-order valence-corrected chi connectivity index (χ3v) is 7.53. The molecule has 1 unspecified atom stereocenters. The number of urea groups is 1. The summed E-state index contributed by atoms with van der Waals surface area (Å²) in [4.78, 5) is 34.9. The summed E-state index contributed by atoms with van der Waals surface area (Å²) in [6, 6.07) is 14.6. The number of carbonyl (C=O) groups is 2. The molecule has 14 heteroatoms. The summed E-state index contributed by atoms with van der Waals surface area (Å²) in [6.07, 6.45) is -4.92. The maximum Gasteiger partial charge on any atom is 0.573 e. The minimum absolute atomic E-state index is 0.146. The first-order valence-corrected chi connectivity index (χ1v) is 14.3. The molecule has 4 aromatic rings. The lowest BCUT2D eigenvalue weighted by Crippen LogP contribution is -2.33. The highest BCUT2D eigenvalue weighted by molar-refractivity contribution is 8.15. The van der Waals surface area contributed by atoms with Gasteiger partial charge in [-0.05, 0) is 61.7 Å². The number of thioether (sulfide) groups is 1. The molecule has 1 aromatic heterocycles. The van der Waals surface area contributed by atoms with E-state index in [1.165, 1.54) is 52.3 Å². The Morgan fingerprint density at radius 1 is 1.07 bits per heavy atom. The zero-order chi connectivity index (χ0) is 31.6. The van der Waals surface area contributed by atoms with Crippen LogP contribution in [0.2, 0.25) is 0 Å². The van der Waals surface area contributed by atoms with Crippen LogP contribution in [0.25, 0.3) is 17.1 Å². The molecule has 0 saturated carbocycles. The maximum absolute atomic E-state index is 15.0. The van der Waals surface area contributed by atoms with Crippen molar-refractivity contribution in [3.8, 4) is 22.8 Å². The van der Waals surface area contributed by atoms with Crippen molar-refractivity contribution in [2.75, 3.05) is 17.2 Å². The Labute approximate surface area is 254 Å². The van der Waals surface area contributed by atoms with E-state index in [1.54, 1.807) is 12.1 Å². The van der Waals surface area contributed by atoms with Crippen molar-refractivity contribution in [3.05, 3.63) is 89.2 Å². The number of rotatable bonds is 7. The van der Waals surface area contributed by atoms with Gasteiger partial charge in [0.05, 0.1) is 23.7 Å². The molecule has 1 saturated heterocycles. The third-order valence-electron chi connectivity index (χ3n) is 6.61. The topological polar surface area (TPSA) is 102 Å². The number of alkyl halides is 4. The number of amides is 3. The molecule has 1 fully saturated rings. The quantitative estimate of drug-likeness (QED) is 0.232. The number of carbonyl (C=O) groups excluding carboxylic acids is 2. The minimum Gasteiger partial charge on any atom is -0.406 e. The molecule has 228 valence electrons. The van der Waals surface area contributed by atoms with Gasteiger partial charge in [-0.25, -0.2) is 18.9 Å². The summed E-state index contributed by atoms with van der Waals surface area (Å²) in [5, 5.41) is 7.03. The fourth-order valence-electron chi connectivity index (χ4n) is 4.77. The fraction of sp³-hybridized carbons (Fsp3) is 0.233. The third kappa shape index (κ3) is 7.08. The standard InChI is InChI=1S/C30H26F4N6O3S/c1-17-12-18(2)26(19(3)13-17)40-25(41)15-44-29(40)37-28(42)35-14-24(31)20-4-6-21(7-5-20)27-36-16-39(38-27)22-8-10-23(11-9-22)43-30(32,33)34/h4-13,16,24H,14-15H2,1-3H3,(H,35,42). The van der Waals surface area contributed by atoms with Crippen LogP contribution < -0.4 is 15.0 Å². The zero-order valence-electron chi connectivity index (χ0n) is 23.7. The van der Waals surface area contributed by atoms with Crippen molar-refractivity contribution >= 4 is 34.6 Å². The number of ether oxygens (including phenoxy) is 1. The van der Waals surface area contributed by atoms with Gasteiger partial charge in [0.15, 0.2) is 11.0 Å². The summed E-state index contributed by atoms with van der Waals surface area (Å²) in [5.74, 6) is -0.0806. The van der Waals surface area contributed by atoms with Crippen LogP contribution in [0.1, 0.15) is 28.4 Å². The number of nitrogens with one attached hydrogen (secondary N) is 1. The first-order valence-electron chi connectivity index (χ1n) is 13.3. The Morgan fingerprint density at radius 2 is 1.73 bits per heavy atom. The Hall–Kier alpha value is -4.72. The molecular formula is C30H26F4N6O3S. The van der Waals surface area contributed by atoms with E-state index in [1.807, 2.05) is 32.9 Å². The molecule has 2 heterocycles. The van der Waals surface area contributed by atoms with Crippen LogP contribution in [-0.4, -0.2) is 50.5 Å². The monoisotopic (exact) mass is 626 g/mol. The molecule has 1 N–H and O–H groups in total. The van der Waals surface area contributed by atoms with E-state index >= 15 is 4.39 Å². The SMILES string of the molecule is Cc1cc(C)c(N2C(=O)CSC2=NC(=O)NCC(F)c2ccc(-c3ncn(-c4ccc(OC(F)(F)F)cc4)n3)cc2)c(C)c1. The second-order valence-electron chi connectivity index (χ2n) is 9.99. The highest BCUT2D eigenvalue weighted by Crippen LogP contribution is 2.33. The van der Waals surface area contributed by atoms with Crippen LogP contribution in [0.5, 0.6) is 5.75 Å². The summed E-state index contributed by atoms with van der Waals surface area (Å²) in [7, 11) is 0. The van der Waals surface area contributed by atoms with Crippen molar-refractivity contribution in [2.45, 2.75) is 33.3 Å². The van der Waals surface area contributed by atoms with E-state index in [2.05, 4.69) is 25.1 Å².